The minimum absolute atomic E-state index is 0.000858. The molecule has 1 fully saturated rings. The Morgan fingerprint density at radius 1 is 1.40 bits per heavy atom. The Balaban J connectivity index is 2.11. The first-order chi connectivity index (χ1) is 9.44. The summed E-state index contributed by atoms with van der Waals surface area (Å²) < 4.78 is 27.8. The van der Waals surface area contributed by atoms with Gasteiger partial charge in [0, 0.05) is 22.3 Å². The largest absolute Gasteiger partial charge is 0.326 e. The molecule has 6 heteroatoms. The molecule has 1 aromatic rings. The van der Waals surface area contributed by atoms with Gasteiger partial charge in [-0.05, 0) is 38.7 Å². The van der Waals surface area contributed by atoms with Crippen LogP contribution in [0.1, 0.15) is 48.8 Å². The van der Waals surface area contributed by atoms with Crippen molar-refractivity contribution in [1.29, 1.82) is 0 Å². The number of rotatable bonds is 5. The van der Waals surface area contributed by atoms with Crippen molar-refractivity contribution in [2.24, 2.45) is 11.7 Å². The second-order valence-corrected chi connectivity index (χ2v) is 8.67. The van der Waals surface area contributed by atoms with Crippen LogP contribution >= 0.6 is 11.3 Å². The van der Waals surface area contributed by atoms with Crippen molar-refractivity contribution in [2.45, 2.75) is 63.4 Å². The van der Waals surface area contributed by atoms with E-state index in [1.807, 2.05) is 13.8 Å². The van der Waals surface area contributed by atoms with E-state index >= 15 is 0 Å². The molecule has 0 radical (unpaired) electrons. The number of thiophene rings is 1. The zero-order chi connectivity index (χ0) is 14.8. The van der Waals surface area contributed by atoms with Crippen molar-refractivity contribution in [3.05, 3.63) is 15.8 Å². The van der Waals surface area contributed by atoms with E-state index < -0.39 is 10.0 Å². The van der Waals surface area contributed by atoms with Crippen molar-refractivity contribution in [3.63, 3.8) is 0 Å². The van der Waals surface area contributed by atoms with Gasteiger partial charge >= 0.3 is 0 Å². The van der Waals surface area contributed by atoms with Gasteiger partial charge in [0.25, 0.3) is 0 Å². The van der Waals surface area contributed by atoms with Gasteiger partial charge in [-0.25, -0.2) is 13.1 Å². The Morgan fingerprint density at radius 3 is 2.60 bits per heavy atom. The Morgan fingerprint density at radius 2 is 2.05 bits per heavy atom. The topological polar surface area (TPSA) is 72.2 Å². The van der Waals surface area contributed by atoms with Gasteiger partial charge in [-0.15, -0.1) is 11.3 Å². The van der Waals surface area contributed by atoms with Crippen molar-refractivity contribution in [3.8, 4) is 0 Å². The van der Waals surface area contributed by atoms with E-state index in [1.165, 1.54) is 30.6 Å². The van der Waals surface area contributed by atoms with E-state index in [0.717, 1.165) is 22.6 Å². The fourth-order valence-corrected chi connectivity index (χ4v) is 5.76. The molecule has 1 aromatic heterocycles. The number of aryl methyl sites for hydroxylation is 1. The molecular weight excluding hydrogens is 292 g/mol. The lowest BCUT2D eigenvalue weighted by molar-refractivity contribution is 0.303. The molecular formula is C14H24N2O2S2. The van der Waals surface area contributed by atoms with Gasteiger partial charge in [0.15, 0.2) is 0 Å². The third-order valence-corrected chi connectivity index (χ3v) is 7.00. The van der Waals surface area contributed by atoms with Crippen molar-refractivity contribution in [2.75, 3.05) is 0 Å². The van der Waals surface area contributed by atoms with Gasteiger partial charge in [-0.2, -0.15) is 0 Å². The van der Waals surface area contributed by atoms with E-state index in [1.54, 1.807) is 6.07 Å². The van der Waals surface area contributed by atoms with Crippen LogP contribution in [0, 0.1) is 12.8 Å². The van der Waals surface area contributed by atoms with Crippen LogP contribution in [0.2, 0.25) is 0 Å². The Bertz CT molecular complexity index is 546. The van der Waals surface area contributed by atoms with Crippen molar-refractivity contribution < 1.29 is 8.42 Å². The van der Waals surface area contributed by atoms with Crippen LogP contribution in [0.5, 0.6) is 0 Å². The summed E-state index contributed by atoms with van der Waals surface area (Å²) in [6.45, 7) is 4.21. The lowest BCUT2D eigenvalue weighted by Gasteiger charge is -2.28. The Hall–Kier alpha value is -0.430. The van der Waals surface area contributed by atoms with Crippen LogP contribution in [-0.4, -0.2) is 14.5 Å². The third-order valence-electron chi connectivity index (χ3n) is 4.11. The van der Waals surface area contributed by atoms with Crippen LogP contribution in [0.15, 0.2) is 11.0 Å². The minimum Gasteiger partial charge on any atom is -0.326 e. The molecule has 1 heterocycles. The van der Waals surface area contributed by atoms with Crippen LogP contribution in [-0.2, 0) is 16.6 Å². The van der Waals surface area contributed by atoms with Crippen LogP contribution in [0.3, 0.4) is 0 Å². The van der Waals surface area contributed by atoms with Crippen molar-refractivity contribution >= 4 is 21.4 Å². The van der Waals surface area contributed by atoms with Gasteiger partial charge in [0.1, 0.15) is 0 Å². The average molecular weight is 316 g/mol. The van der Waals surface area contributed by atoms with E-state index in [-0.39, 0.29) is 6.04 Å². The zero-order valence-corrected chi connectivity index (χ0v) is 13.8. The summed E-state index contributed by atoms with van der Waals surface area (Å²) in [7, 11) is -3.42. The molecule has 0 amide bonds. The molecule has 2 rings (SSSR count). The molecule has 0 saturated heterocycles. The zero-order valence-electron chi connectivity index (χ0n) is 12.2. The smallest absolute Gasteiger partial charge is 0.241 e. The number of hydrogen-bond donors (Lipinski definition) is 2. The first kappa shape index (κ1) is 15.9. The number of nitrogens with two attached hydrogens (primary N) is 1. The summed E-state index contributed by atoms with van der Waals surface area (Å²) in [4.78, 5) is 2.12. The summed E-state index contributed by atoms with van der Waals surface area (Å²) in [5.41, 5.74) is 5.59. The minimum atomic E-state index is -3.42. The lowest BCUT2D eigenvalue weighted by Crippen LogP contribution is -2.38. The van der Waals surface area contributed by atoms with E-state index in [4.69, 9.17) is 5.73 Å². The molecule has 0 aliphatic heterocycles. The first-order valence-electron chi connectivity index (χ1n) is 7.25. The summed E-state index contributed by atoms with van der Waals surface area (Å²) in [5.74, 6) is 0.464. The van der Waals surface area contributed by atoms with Gasteiger partial charge in [0.2, 0.25) is 10.0 Å². The molecule has 4 nitrogen and oxygen atoms in total. The number of nitrogens with one attached hydrogen (secondary N) is 1. The number of hydrogen-bond acceptors (Lipinski definition) is 4. The van der Waals surface area contributed by atoms with Crippen molar-refractivity contribution in [1.82, 2.24) is 4.72 Å². The highest BCUT2D eigenvalue weighted by molar-refractivity contribution is 7.89. The first-order valence-corrected chi connectivity index (χ1v) is 9.55. The van der Waals surface area contributed by atoms with Gasteiger partial charge in [-0.3, -0.25) is 0 Å². The molecule has 0 aromatic carbocycles. The summed E-state index contributed by atoms with van der Waals surface area (Å²) >= 11 is 1.46. The summed E-state index contributed by atoms with van der Waals surface area (Å²) in [5, 5.41) is 0. The quantitative estimate of drug-likeness (QED) is 0.877. The fourth-order valence-electron chi connectivity index (χ4n) is 2.93. The molecule has 1 aliphatic rings. The molecule has 1 atom stereocenters. The molecule has 1 saturated carbocycles. The lowest BCUT2D eigenvalue weighted by atomic mass is 9.85. The molecule has 0 spiro atoms. The van der Waals surface area contributed by atoms with Gasteiger partial charge < -0.3 is 5.73 Å². The van der Waals surface area contributed by atoms with E-state index in [9.17, 15) is 8.42 Å². The second-order valence-electron chi connectivity index (χ2n) is 5.65. The third kappa shape index (κ3) is 3.61. The SMILES string of the molecule is Cc1sc(CN)cc1S(=O)(=O)NC(C)C1CCCCC1. The maximum absolute atomic E-state index is 12.5. The highest BCUT2D eigenvalue weighted by atomic mass is 32.2. The molecule has 3 N–H and O–H groups in total. The number of sulfonamides is 1. The average Bonchev–Trinajstić information content (AvgIpc) is 2.81. The van der Waals surface area contributed by atoms with Gasteiger partial charge in [0.05, 0.1) is 4.90 Å². The second kappa shape index (κ2) is 6.56. The molecule has 0 bridgehead atoms. The highest BCUT2D eigenvalue weighted by Crippen LogP contribution is 2.29. The Labute approximate surface area is 125 Å². The van der Waals surface area contributed by atoms with Crippen LogP contribution in [0.4, 0.5) is 0 Å². The van der Waals surface area contributed by atoms with E-state index in [0.29, 0.717) is 17.4 Å². The molecule has 20 heavy (non-hydrogen) atoms. The van der Waals surface area contributed by atoms with E-state index in [2.05, 4.69) is 4.72 Å². The molecule has 1 aliphatic carbocycles. The monoisotopic (exact) mass is 316 g/mol. The van der Waals surface area contributed by atoms with Crippen LogP contribution < -0.4 is 10.5 Å². The maximum Gasteiger partial charge on any atom is 0.241 e. The summed E-state index contributed by atoms with van der Waals surface area (Å²) in [6, 6.07) is 1.71. The van der Waals surface area contributed by atoms with Gasteiger partial charge in [-0.1, -0.05) is 19.3 Å². The normalized spacial score (nSPS) is 19.1. The summed E-state index contributed by atoms with van der Waals surface area (Å²) in [6.07, 6.45) is 5.96. The van der Waals surface area contributed by atoms with Crippen LogP contribution in [0.25, 0.3) is 0 Å². The highest BCUT2D eigenvalue weighted by Gasteiger charge is 2.26. The standard InChI is InChI=1S/C14H24N2O2S2/c1-10(12-6-4-3-5-7-12)16-20(17,18)14-8-13(9-15)19-11(14)2/h8,10,12,16H,3-7,9,15H2,1-2H3. The Kier molecular flexibility index (Phi) is 5.23. The predicted octanol–water partition coefficient (Wildman–Crippen LogP) is 2.76. The maximum atomic E-state index is 12.5. The molecule has 114 valence electrons. The molecule has 1 unspecified atom stereocenters. The fraction of sp³-hybridized carbons (Fsp3) is 0.714. The predicted molar refractivity (Wildman–Crippen MR) is 83.3 cm³/mol.